The van der Waals surface area contributed by atoms with Gasteiger partial charge < -0.3 is 25.3 Å². The third kappa shape index (κ3) is 3.99. The number of carboxylic acid groups (broad SMARTS) is 1. The Hall–Kier alpha value is -2.02. The first-order valence-electron chi connectivity index (χ1n) is 5.82. The van der Waals surface area contributed by atoms with Crippen LogP contribution in [-0.2, 0) is 4.79 Å². The third-order valence-corrected chi connectivity index (χ3v) is 2.68. The summed E-state index contributed by atoms with van der Waals surface area (Å²) in [5, 5.41) is 22.3. The third-order valence-electron chi connectivity index (χ3n) is 2.68. The number of aliphatic carboxylic acids is 1. The van der Waals surface area contributed by atoms with Crippen LogP contribution >= 0.6 is 0 Å². The molecule has 0 aliphatic rings. The van der Waals surface area contributed by atoms with Crippen molar-refractivity contribution in [2.45, 2.75) is 32.9 Å². The maximum atomic E-state index is 11.6. The molecule has 7 nitrogen and oxygen atoms in total. The van der Waals surface area contributed by atoms with E-state index < -0.39 is 24.6 Å². The van der Waals surface area contributed by atoms with Crippen molar-refractivity contribution in [1.82, 2.24) is 10.6 Å². The topological polar surface area (TPSA) is 112 Å². The van der Waals surface area contributed by atoms with E-state index >= 15 is 0 Å². The standard InChI is InChI=1S/C12H18N2O5/c1-6-4-9(8(3)19-6)7(2)13-12(18)14-10(5-15)11(16)17/h4,7,10,15H,5H2,1-3H3,(H,16,17)(H2,13,14,18)/t7?,10-/m1/s1. The Bertz CT molecular complexity index is 469. The van der Waals surface area contributed by atoms with Gasteiger partial charge in [0.2, 0.25) is 0 Å². The summed E-state index contributed by atoms with van der Waals surface area (Å²) < 4.78 is 5.35. The van der Waals surface area contributed by atoms with E-state index in [2.05, 4.69) is 10.6 Å². The highest BCUT2D eigenvalue weighted by Crippen LogP contribution is 2.20. The van der Waals surface area contributed by atoms with Gasteiger partial charge in [-0.1, -0.05) is 0 Å². The van der Waals surface area contributed by atoms with Crippen molar-refractivity contribution in [2.75, 3.05) is 6.61 Å². The summed E-state index contributed by atoms with van der Waals surface area (Å²) in [6.07, 6.45) is 0. The van der Waals surface area contributed by atoms with Crippen LogP contribution < -0.4 is 10.6 Å². The number of urea groups is 1. The van der Waals surface area contributed by atoms with Crippen LogP contribution in [0.3, 0.4) is 0 Å². The molecule has 1 rings (SSSR count). The monoisotopic (exact) mass is 270 g/mol. The molecule has 0 aromatic carbocycles. The molecule has 0 radical (unpaired) electrons. The van der Waals surface area contributed by atoms with Crippen LogP contribution in [0.25, 0.3) is 0 Å². The van der Waals surface area contributed by atoms with Gasteiger partial charge in [-0.3, -0.25) is 0 Å². The van der Waals surface area contributed by atoms with E-state index in [-0.39, 0.29) is 6.04 Å². The van der Waals surface area contributed by atoms with Gasteiger partial charge in [-0.05, 0) is 26.8 Å². The highest BCUT2D eigenvalue weighted by Gasteiger charge is 2.21. The van der Waals surface area contributed by atoms with Gasteiger partial charge in [0.25, 0.3) is 0 Å². The molecular formula is C12H18N2O5. The lowest BCUT2D eigenvalue weighted by Gasteiger charge is -2.16. The summed E-state index contributed by atoms with van der Waals surface area (Å²) in [4.78, 5) is 22.3. The summed E-state index contributed by atoms with van der Waals surface area (Å²) >= 11 is 0. The largest absolute Gasteiger partial charge is 0.480 e. The molecule has 0 fully saturated rings. The second-order valence-corrected chi connectivity index (χ2v) is 4.28. The van der Waals surface area contributed by atoms with Gasteiger partial charge in [-0.15, -0.1) is 0 Å². The van der Waals surface area contributed by atoms with Gasteiger partial charge in [0, 0.05) is 5.56 Å². The Morgan fingerprint density at radius 3 is 2.42 bits per heavy atom. The van der Waals surface area contributed by atoms with Gasteiger partial charge >= 0.3 is 12.0 Å². The zero-order valence-corrected chi connectivity index (χ0v) is 11.1. The van der Waals surface area contributed by atoms with Crippen molar-refractivity contribution in [3.63, 3.8) is 0 Å². The lowest BCUT2D eigenvalue weighted by atomic mass is 10.1. The lowest BCUT2D eigenvalue weighted by molar-refractivity contribution is -0.140. The molecule has 1 unspecified atom stereocenters. The minimum absolute atomic E-state index is 0.328. The number of aliphatic hydroxyl groups excluding tert-OH is 1. The first-order valence-corrected chi connectivity index (χ1v) is 5.82. The van der Waals surface area contributed by atoms with Crippen molar-refractivity contribution >= 4 is 12.0 Å². The highest BCUT2D eigenvalue weighted by atomic mass is 16.4. The second-order valence-electron chi connectivity index (χ2n) is 4.28. The van der Waals surface area contributed by atoms with Gasteiger partial charge in [0.05, 0.1) is 12.6 Å². The molecule has 1 aromatic heterocycles. The molecule has 0 bridgehead atoms. The number of rotatable bonds is 5. The van der Waals surface area contributed by atoms with Crippen molar-refractivity contribution in [3.05, 3.63) is 23.2 Å². The molecule has 0 spiro atoms. The van der Waals surface area contributed by atoms with Crippen molar-refractivity contribution in [3.8, 4) is 0 Å². The van der Waals surface area contributed by atoms with E-state index in [0.717, 1.165) is 11.3 Å². The number of carboxylic acids is 1. The van der Waals surface area contributed by atoms with Gasteiger partial charge in [0.1, 0.15) is 11.5 Å². The summed E-state index contributed by atoms with van der Waals surface area (Å²) in [6.45, 7) is 4.67. The Labute approximate surface area is 110 Å². The quantitative estimate of drug-likeness (QED) is 0.629. The molecule has 1 aromatic rings. The SMILES string of the molecule is Cc1cc(C(C)NC(=O)N[C@H](CO)C(=O)O)c(C)o1. The fourth-order valence-electron chi connectivity index (χ4n) is 1.74. The van der Waals surface area contributed by atoms with E-state index in [9.17, 15) is 9.59 Å². The zero-order chi connectivity index (χ0) is 14.6. The number of furan rings is 1. The van der Waals surface area contributed by atoms with E-state index in [1.807, 2.05) is 0 Å². The second kappa shape index (κ2) is 6.24. The number of carbonyl (C=O) groups excluding carboxylic acids is 1. The van der Waals surface area contributed by atoms with Crippen LogP contribution in [0.2, 0.25) is 0 Å². The predicted octanol–water partition coefficient (Wildman–Crippen LogP) is 0.702. The number of carbonyl (C=O) groups is 2. The van der Waals surface area contributed by atoms with Crippen LogP contribution in [0.1, 0.15) is 30.0 Å². The van der Waals surface area contributed by atoms with Crippen LogP contribution in [-0.4, -0.2) is 34.9 Å². The number of hydrogen-bond donors (Lipinski definition) is 4. The lowest BCUT2D eigenvalue weighted by Crippen LogP contribution is -2.48. The molecule has 1 heterocycles. The Morgan fingerprint density at radius 2 is 2.00 bits per heavy atom. The molecule has 7 heteroatoms. The number of aryl methyl sites for hydroxylation is 2. The summed E-state index contributed by atoms with van der Waals surface area (Å²) in [7, 11) is 0. The van der Waals surface area contributed by atoms with E-state index in [1.54, 1.807) is 26.8 Å². The van der Waals surface area contributed by atoms with E-state index in [4.69, 9.17) is 14.6 Å². The molecule has 2 atom stereocenters. The average molecular weight is 270 g/mol. The fourth-order valence-corrected chi connectivity index (χ4v) is 1.74. The number of hydrogen-bond acceptors (Lipinski definition) is 4. The smallest absolute Gasteiger partial charge is 0.328 e. The summed E-state index contributed by atoms with van der Waals surface area (Å²) in [5.41, 5.74) is 0.823. The van der Waals surface area contributed by atoms with Gasteiger partial charge in [-0.25, -0.2) is 9.59 Å². The molecule has 0 aliphatic heterocycles. The number of nitrogens with one attached hydrogen (secondary N) is 2. The molecule has 0 saturated heterocycles. The van der Waals surface area contributed by atoms with E-state index in [0.29, 0.717) is 5.76 Å². The highest BCUT2D eigenvalue weighted by molar-refractivity contribution is 5.82. The van der Waals surface area contributed by atoms with Crippen LogP contribution in [0.15, 0.2) is 10.5 Å². The Morgan fingerprint density at radius 1 is 1.37 bits per heavy atom. The predicted molar refractivity (Wildman–Crippen MR) is 66.8 cm³/mol. The molecule has 0 aliphatic carbocycles. The molecule has 4 N–H and O–H groups in total. The molecule has 2 amide bonds. The van der Waals surface area contributed by atoms with Gasteiger partial charge in [-0.2, -0.15) is 0 Å². The average Bonchev–Trinajstić information content (AvgIpc) is 2.65. The first-order chi connectivity index (χ1) is 8.85. The number of aliphatic hydroxyl groups is 1. The number of amides is 2. The zero-order valence-electron chi connectivity index (χ0n) is 11.1. The maximum Gasteiger partial charge on any atom is 0.328 e. The first kappa shape index (κ1) is 15.0. The molecule has 106 valence electrons. The summed E-state index contributed by atoms with van der Waals surface area (Å²) in [6, 6.07) is -0.502. The molecular weight excluding hydrogens is 252 g/mol. The van der Waals surface area contributed by atoms with Crippen molar-refractivity contribution < 1.29 is 24.2 Å². The van der Waals surface area contributed by atoms with Crippen LogP contribution in [0.5, 0.6) is 0 Å². The molecule has 19 heavy (non-hydrogen) atoms. The van der Waals surface area contributed by atoms with E-state index in [1.165, 1.54) is 0 Å². The normalized spacial score (nSPS) is 13.7. The maximum absolute atomic E-state index is 11.6. The molecule has 0 saturated carbocycles. The summed E-state index contributed by atoms with van der Waals surface area (Å²) in [5.74, 6) is 0.142. The Kier molecular flexibility index (Phi) is 4.94. The fraction of sp³-hybridized carbons (Fsp3) is 0.500. The van der Waals surface area contributed by atoms with Crippen LogP contribution in [0, 0.1) is 13.8 Å². The Balaban J connectivity index is 2.62. The van der Waals surface area contributed by atoms with Crippen molar-refractivity contribution in [2.24, 2.45) is 0 Å². The minimum atomic E-state index is -1.32. The van der Waals surface area contributed by atoms with Gasteiger partial charge in [0.15, 0.2) is 6.04 Å². The van der Waals surface area contributed by atoms with Crippen LogP contribution in [0.4, 0.5) is 4.79 Å². The van der Waals surface area contributed by atoms with Crippen molar-refractivity contribution in [1.29, 1.82) is 0 Å². The minimum Gasteiger partial charge on any atom is -0.480 e.